The zero-order valence-corrected chi connectivity index (χ0v) is 12.6. The van der Waals surface area contributed by atoms with Crippen LogP contribution in [-0.4, -0.2) is 49.9 Å². The summed E-state index contributed by atoms with van der Waals surface area (Å²) in [4.78, 5) is 29.5. The molecule has 2 aromatic heterocycles. The Morgan fingerprint density at radius 3 is 2.87 bits per heavy atom. The molecular weight excluding hydrogens is 301 g/mol. The monoisotopic (exact) mass is 317 g/mol. The highest BCUT2D eigenvalue weighted by Crippen LogP contribution is 2.21. The van der Waals surface area contributed by atoms with Gasteiger partial charge >= 0.3 is 0 Å². The fourth-order valence-corrected chi connectivity index (χ4v) is 2.43. The van der Waals surface area contributed by atoms with E-state index in [0.717, 1.165) is 0 Å². The van der Waals surface area contributed by atoms with Crippen LogP contribution in [-0.2, 0) is 6.42 Å². The molecule has 0 spiro atoms. The number of nitrogens with zero attached hydrogens (tertiary/aromatic N) is 5. The summed E-state index contributed by atoms with van der Waals surface area (Å²) in [5.74, 6) is -0.706. The van der Waals surface area contributed by atoms with Crippen molar-refractivity contribution in [2.24, 2.45) is 0 Å². The maximum absolute atomic E-state index is 14.1. The summed E-state index contributed by atoms with van der Waals surface area (Å²) >= 11 is 0. The normalized spacial score (nSPS) is 17.3. The lowest BCUT2D eigenvalue weighted by atomic mass is 10.3. The smallest absolute Gasteiger partial charge is 0.291 e. The number of aryl methyl sites for hydroxylation is 1. The van der Waals surface area contributed by atoms with Crippen LogP contribution in [0.15, 0.2) is 24.8 Å². The molecule has 23 heavy (non-hydrogen) atoms. The molecule has 1 atom stereocenters. The number of carbonyl (C=O) groups excluding carboxylic acids is 1. The van der Waals surface area contributed by atoms with Gasteiger partial charge in [0.25, 0.3) is 11.8 Å². The standard InChI is InChI=1S/C15H16FN5O2/c1-2-11-12(16)14(20-9-19-11)23-10-4-7-21(8-10)15(22)13-17-5-3-6-18-13/h3,5-6,9-10H,2,4,7-8H2,1H3/t10-/m1/s1. The van der Waals surface area contributed by atoms with Crippen LogP contribution in [0, 0.1) is 5.82 Å². The quantitative estimate of drug-likeness (QED) is 0.844. The predicted octanol–water partition coefficient (Wildman–Crippen LogP) is 1.26. The Kier molecular flexibility index (Phi) is 4.40. The number of carbonyl (C=O) groups is 1. The topological polar surface area (TPSA) is 81.1 Å². The third-order valence-electron chi connectivity index (χ3n) is 3.63. The molecular formula is C15H16FN5O2. The SMILES string of the molecule is CCc1ncnc(O[C@@H]2CCN(C(=O)c3ncccn3)C2)c1F. The van der Waals surface area contributed by atoms with E-state index in [-0.39, 0.29) is 23.7 Å². The van der Waals surface area contributed by atoms with Gasteiger partial charge in [0, 0.05) is 25.4 Å². The van der Waals surface area contributed by atoms with Crippen molar-refractivity contribution in [1.29, 1.82) is 0 Å². The van der Waals surface area contributed by atoms with Crippen molar-refractivity contribution in [3.8, 4) is 5.88 Å². The highest BCUT2D eigenvalue weighted by Gasteiger charge is 2.30. The van der Waals surface area contributed by atoms with E-state index in [1.807, 2.05) is 6.92 Å². The second kappa shape index (κ2) is 6.64. The van der Waals surface area contributed by atoms with Crippen molar-refractivity contribution in [2.45, 2.75) is 25.9 Å². The molecule has 120 valence electrons. The van der Waals surface area contributed by atoms with Gasteiger partial charge in [-0.1, -0.05) is 6.92 Å². The minimum Gasteiger partial charge on any atom is -0.470 e. The van der Waals surface area contributed by atoms with Crippen LogP contribution in [0.2, 0.25) is 0 Å². The molecule has 1 fully saturated rings. The molecule has 1 amide bonds. The number of hydrogen-bond acceptors (Lipinski definition) is 6. The summed E-state index contributed by atoms with van der Waals surface area (Å²) in [6.07, 6.45) is 5.08. The third-order valence-corrected chi connectivity index (χ3v) is 3.63. The maximum atomic E-state index is 14.1. The van der Waals surface area contributed by atoms with Crippen molar-refractivity contribution < 1.29 is 13.9 Å². The Bertz CT molecular complexity index is 698. The van der Waals surface area contributed by atoms with E-state index in [9.17, 15) is 9.18 Å². The summed E-state index contributed by atoms with van der Waals surface area (Å²) in [5.41, 5.74) is 0.318. The molecule has 2 aromatic rings. The average Bonchev–Trinajstić information content (AvgIpc) is 3.05. The van der Waals surface area contributed by atoms with E-state index in [4.69, 9.17) is 4.74 Å². The lowest BCUT2D eigenvalue weighted by Crippen LogP contribution is -2.32. The largest absolute Gasteiger partial charge is 0.470 e. The molecule has 0 N–H and O–H groups in total. The zero-order valence-electron chi connectivity index (χ0n) is 12.6. The molecule has 1 aliphatic rings. The molecule has 0 saturated carbocycles. The molecule has 0 aromatic carbocycles. The first-order chi connectivity index (χ1) is 11.2. The van der Waals surface area contributed by atoms with E-state index in [2.05, 4.69) is 19.9 Å². The van der Waals surface area contributed by atoms with E-state index in [0.29, 0.717) is 31.6 Å². The number of amides is 1. The van der Waals surface area contributed by atoms with Crippen molar-refractivity contribution in [3.05, 3.63) is 42.1 Å². The number of ether oxygens (including phenoxy) is 1. The molecule has 0 unspecified atom stereocenters. The van der Waals surface area contributed by atoms with E-state index in [1.165, 1.54) is 18.7 Å². The van der Waals surface area contributed by atoms with Crippen molar-refractivity contribution in [3.63, 3.8) is 0 Å². The fraction of sp³-hybridized carbons (Fsp3) is 0.400. The molecule has 8 heteroatoms. The van der Waals surface area contributed by atoms with Gasteiger partial charge in [-0.2, -0.15) is 9.37 Å². The van der Waals surface area contributed by atoms with Gasteiger partial charge in [-0.15, -0.1) is 0 Å². The van der Waals surface area contributed by atoms with Crippen LogP contribution >= 0.6 is 0 Å². The highest BCUT2D eigenvalue weighted by atomic mass is 19.1. The van der Waals surface area contributed by atoms with Crippen LogP contribution in [0.3, 0.4) is 0 Å². The third kappa shape index (κ3) is 3.25. The Balaban J connectivity index is 1.66. The molecule has 1 aliphatic heterocycles. The van der Waals surface area contributed by atoms with Gasteiger partial charge in [-0.25, -0.2) is 15.0 Å². The molecule has 0 radical (unpaired) electrons. The predicted molar refractivity (Wildman–Crippen MR) is 78.3 cm³/mol. The average molecular weight is 317 g/mol. The Morgan fingerprint density at radius 1 is 1.35 bits per heavy atom. The summed E-state index contributed by atoms with van der Waals surface area (Å²) in [6, 6.07) is 1.65. The van der Waals surface area contributed by atoms with Gasteiger partial charge in [-0.05, 0) is 12.5 Å². The van der Waals surface area contributed by atoms with E-state index >= 15 is 0 Å². The minimum atomic E-state index is -0.536. The van der Waals surface area contributed by atoms with Crippen molar-refractivity contribution in [1.82, 2.24) is 24.8 Å². The first-order valence-electron chi connectivity index (χ1n) is 7.41. The summed E-state index contributed by atoms with van der Waals surface area (Å²) in [6.45, 7) is 2.67. The van der Waals surface area contributed by atoms with E-state index in [1.54, 1.807) is 11.0 Å². The number of likely N-dealkylation sites (tertiary alicyclic amines) is 1. The number of halogens is 1. The lowest BCUT2D eigenvalue weighted by molar-refractivity contribution is 0.0758. The van der Waals surface area contributed by atoms with Crippen LogP contribution in [0.1, 0.15) is 29.7 Å². The lowest BCUT2D eigenvalue weighted by Gasteiger charge is -2.16. The first kappa shape index (κ1) is 15.3. The summed E-state index contributed by atoms with van der Waals surface area (Å²) in [5, 5.41) is 0. The Hall–Kier alpha value is -2.64. The first-order valence-corrected chi connectivity index (χ1v) is 7.41. The number of aromatic nitrogens is 4. The van der Waals surface area contributed by atoms with Crippen molar-refractivity contribution in [2.75, 3.05) is 13.1 Å². The van der Waals surface area contributed by atoms with Crippen LogP contribution in [0.25, 0.3) is 0 Å². The number of hydrogen-bond donors (Lipinski definition) is 0. The van der Waals surface area contributed by atoms with Gasteiger partial charge < -0.3 is 9.64 Å². The van der Waals surface area contributed by atoms with Gasteiger partial charge in [0.1, 0.15) is 12.4 Å². The molecule has 7 nitrogen and oxygen atoms in total. The summed E-state index contributed by atoms with van der Waals surface area (Å²) in [7, 11) is 0. The van der Waals surface area contributed by atoms with Gasteiger partial charge in [0.2, 0.25) is 11.6 Å². The Morgan fingerprint density at radius 2 is 2.13 bits per heavy atom. The number of rotatable bonds is 4. The zero-order chi connectivity index (χ0) is 16.2. The van der Waals surface area contributed by atoms with E-state index < -0.39 is 5.82 Å². The Labute approximate surface area is 132 Å². The molecule has 3 heterocycles. The van der Waals surface area contributed by atoms with Crippen LogP contribution in [0.5, 0.6) is 5.88 Å². The van der Waals surface area contributed by atoms with Crippen LogP contribution in [0.4, 0.5) is 4.39 Å². The molecule has 0 aliphatic carbocycles. The molecule has 1 saturated heterocycles. The van der Waals surface area contributed by atoms with Crippen LogP contribution < -0.4 is 4.74 Å². The van der Waals surface area contributed by atoms with Gasteiger partial charge in [0.15, 0.2) is 0 Å². The fourth-order valence-electron chi connectivity index (χ4n) is 2.43. The van der Waals surface area contributed by atoms with Crippen molar-refractivity contribution >= 4 is 5.91 Å². The molecule has 0 bridgehead atoms. The maximum Gasteiger partial charge on any atom is 0.291 e. The second-order valence-corrected chi connectivity index (χ2v) is 5.15. The van der Waals surface area contributed by atoms with Gasteiger partial charge in [-0.3, -0.25) is 4.79 Å². The van der Waals surface area contributed by atoms with Gasteiger partial charge in [0.05, 0.1) is 12.2 Å². The molecule has 3 rings (SSSR count). The second-order valence-electron chi connectivity index (χ2n) is 5.15. The summed E-state index contributed by atoms with van der Waals surface area (Å²) < 4.78 is 19.7. The minimum absolute atomic E-state index is 0.0629. The highest BCUT2D eigenvalue weighted by molar-refractivity contribution is 5.90.